The normalized spacial score (nSPS) is 15.9. The van der Waals surface area contributed by atoms with Gasteiger partial charge in [0.05, 0.1) is 49.1 Å². The molecule has 2 aliphatic rings. The number of aldehydes is 1. The number of methoxy groups -OCH3 is 2. The number of carbonyl (C=O) groups is 2. The average molecular weight is 558 g/mol. The highest BCUT2D eigenvalue weighted by Gasteiger charge is 2.38. The maximum absolute atomic E-state index is 12.4. The summed E-state index contributed by atoms with van der Waals surface area (Å²) in [5, 5.41) is 3.37. The van der Waals surface area contributed by atoms with Crippen LogP contribution in [0.5, 0.6) is 11.5 Å². The maximum Gasteiger partial charge on any atom is 0.228 e. The molecule has 0 spiro atoms. The quantitative estimate of drug-likeness (QED) is 0.231. The topological polar surface area (TPSA) is 135 Å². The van der Waals surface area contributed by atoms with Crippen LogP contribution < -0.4 is 20.5 Å². The number of likely N-dealkylation sites (tertiary alicyclic amines) is 2. The summed E-state index contributed by atoms with van der Waals surface area (Å²) in [5.74, 6) is 1.75. The molecule has 1 amide bonds. The molecule has 5 rings (SSSR count). The Hall–Kier alpha value is -4.77. The van der Waals surface area contributed by atoms with Gasteiger partial charge in [-0.2, -0.15) is 0 Å². The van der Waals surface area contributed by atoms with Crippen molar-refractivity contribution in [2.24, 2.45) is 16.6 Å². The first-order valence-electron chi connectivity index (χ1n) is 13.1. The summed E-state index contributed by atoms with van der Waals surface area (Å²) in [6.45, 7) is 6.08. The van der Waals surface area contributed by atoms with Gasteiger partial charge >= 0.3 is 0 Å². The van der Waals surface area contributed by atoms with Crippen molar-refractivity contribution in [3.63, 3.8) is 0 Å². The van der Waals surface area contributed by atoms with Crippen LogP contribution in [0.3, 0.4) is 0 Å². The number of hydrogen-bond acceptors (Lipinski definition) is 10. The Morgan fingerprint density at radius 1 is 1.07 bits per heavy atom. The van der Waals surface area contributed by atoms with E-state index in [9.17, 15) is 4.79 Å². The number of amides is 1. The molecule has 11 heteroatoms. The van der Waals surface area contributed by atoms with Gasteiger partial charge in [-0.25, -0.2) is 4.98 Å². The Balaban J connectivity index is 0.000000909. The van der Waals surface area contributed by atoms with Crippen molar-refractivity contribution in [1.29, 1.82) is 0 Å². The highest BCUT2D eigenvalue weighted by molar-refractivity contribution is 6.09. The molecular formula is C30H35N7O4. The summed E-state index contributed by atoms with van der Waals surface area (Å²) < 4.78 is 10.7. The predicted molar refractivity (Wildman–Crippen MR) is 161 cm³/mol. The number of ether oxygens (including phenoxy) is 2. The van der Waals surface area contributed by atoms with E-state index in [4.69, 9.17) is 25.0 Å². The van der Waals surface area contributed by atoms with Gasteiger partial charge in [0.15, 0.2) is 0 Å². The lowest BCUT2D eigenvalue weighted by Crippen LogP contribution is -2.60. The molecule has 0 atom stereocenters. The van der Waals surface area contributed by atoms with Crippen molar-refractivity contribution >= 4 is 46.4 Å². The van der Waals surface area contributed by atoms with Gasteiger partial charge < -0.3 is 30.3 Å². The number of nitrogens with two attached hydrogens (primary N) is 1. The fourth-order valence-electron chi connectivity index (χ4n) is 4.50. The van der Waals surface area contributed by atoms with E-state index in [1.807, 2.05) is 48.3 Å². The Labute approximate surface area is 239 Å². The number of hydrogen-bond donors (Lipinski definition) is 2. The van der Waals surface area contributed by atoms with E-state index in [1.54, 1.807) is 26.6 Å². The fourth-order valence-corrected chi connectivity index (χ4v) is 4.50. The number of fused-ring (bicyclic) bond motifs is 1. The second-order valence-electron chi connectivity index (χ2n) is 9.77. The van der Waals surface area contributed by atoms with Gasteiger partial charge in [0.25, 0.3) is 0 Å². The molecule has 2 fully saturated rings. The van der Waals surface area contributed by atoms with E-state index in [0.717, 1.165) is 35.5 Å². The molecule has 214 valence electrons. The van der Waals surface area contributed by atoms with Crippen LogP contribution in [0.2, 0.25) is 0 Å². The number of nitrogens with one attached hydrogen (secondary N) is 1. The Morgan fingerprint density at radius 2 is 1.76 bits per heavy atom. The third-order valence-electron chi connectivity index (χ3n) is 6.77. The highest BCUT2D eigenvalue weighted by atomic mass is 16.5. The molecule has 0 bridgehead atoms. The first-order valence-corrected chi connectivity index (χ1v) is 13.1. The molecule has 0 aliphatic carbocycles. The summed E-state index contributed by atoms with van der Waals surface area (Å²) in [7, 11) is 5.26. The zero-order chi connectivity index (χ0) is 29.4. The number of aliphatic imine (C=N–C) groups is 1. The smallest absolute Gasteiger partial charge is 0.228 e. The van der Waals surface area contributed by atoms with Crippen LogP contribution in [0.15, 0.2) is 66.4 Å². The number of allylic oxidation sites excluding steroid dienone is 2. The number of benzene rings is 2. The molecule has 3 N–H and O–H groups in total. The first kappa shape index (κ1) is 29.2. The van der Waals surface area contributed by atoms with Crippen LogP contribution in [0.25, 0.3) is 16.6 Å². The van der Waals surface area contributed by atoms with Gasteiger partial charge in [0.2, 0.25) is 5.91 Å². The molecular weight excluding hydrogens is 522 g/mol. The second-order valence-corrected chi connectivity index (χ2v) is 9.77. The molecule has 2 saturated heterocycles. The SMILES string of the molecule is C=CC=O.COc1cc(Nc2ccc3ncc(/C(C=NC4CN(C(=O)C5CN(C)C5)C4)=C/N)nc3c2)cc(OC)c1. The van der Waals surface area contributed by atoms with Crippen molar-refractivity contribution in [1.82, 2.24) is 19.8 Å². The number of rotatable bonds is 9. The van der Waals surface area contributed by atoms with Crippen LogP contribution >= 0.6 is 0 Å². The summed E-state index contributed by atoms with van der Waals surface area (Å²) in [6, 6.07) is 11.4. The zero-order valence-corrected chi connectivity index (χ0v) is 23.5. The van der Waals surface area contributed by atoms with Gasteiger partial charge in [0.1, 0.15) is 17.8 Å². The van der Waals surface area contributed by atoms with Crippen LogP contribution in [0.1, 0.15) is 5.69 Å². The number of nitrogens with zero attached hydrogens (tertiary/aromatic N) is 5. The van der Waals surface area contributed by atoms with E-state index < -0.39 is 0 Å². The molecule has 0 radical (unpaired) electrons. The van der Waals surface area contributed by atoms with Crippen molar-refractivity contribution in [3.8, 4) is 11.5 Å². The van der Waals surface area contributed by atoms with Gasteiger partial charge in [-0.05, 0) is 31.3 Å². The van der Waals surface area contributed by atoms with Gasteiger partial charge in [-0.15, -0.1) is 0 Å². The maximum atomic E-state index is 12.4. The molecule has 11 nitrogen and oxygen atoms in total. The molecule has 3 aromatic rings. The molecule has 0 unspecified atom stereocenters. The van der Waals surface area contributed by atoms with Gasteiger partial charge in [0, 0.05) is 73.7 Å². The first-order chi connectivity index (χ1) is 19.9. The van der Waals surface area contributed by atoms with Crippen molar-refractivity contribution in [2.45, 2.75) is 6.04 Å². The van der Waals surface area contributed by atoms with Crippen LogP contribution in [0, 0.1) is 5.92 Å². The van der Waals surface area contributed by atoms with Crippen LogP contribution in [0.4, 0.5) is 11.4 Å². The fraction of sp³-hybridized carbons (Fsp3) is 0.300. The third-order valence-corrected chi connectivity index (χ3v) is 6.77. The summed E-state index contributed by atoms with van der Waals surface area (Å²) in [4.78, 5) is 39.5. The third kappa shape index (κ3) is 7.25. The van der Waals surface area contributed by atoms with Crippen molar-refractivity contribution < 1.29 is 19.1 Å². The van der Waals surface area contributed by atoms with Crippen LogP contribution in [-0.4, -0.2) is 91.7 Å². The van der Waals surface area contributed by atoms with E-state index >= 15 is 0 Å². The van der Waals surface area contributed by atoms with Gasteiger partial charge in [-0.3, -0.25) is 19.6 Å². The van der Waals surface area contributed by atoms with Crippen molar-refractivity contribution in [2.75, 3.05) is 52.8 Å². The highest BCUT2D eigenvalue weighted by Crippen LogP contribution is 2.29. The standard InChI is InChI=1S/C27H31N7O3.C3H4O/c1-33-13-18(14-33)27(35)34-15-21(16-34)29-11-17(10-28)26-12-30-24-5-4-19(8-25(24)32-26)31-20-6-22(36-2)9-23(7-20)37-3;1-2-3-4/h4-12,18,21,31H,13-16,28H2,1-3H3;2-3H,1H2/b17-10+,29-11?;. The Morgan fingerprint density at radius 3 is 2.34 bits per heavy atom. The predicted octanol–water partition coefficient (Wildman–Crippen LogP) is 2.90. The van der Waals surface area contributed by atoms with Crippen LogP contribution in [-0.2, 0) is 9.59 Å². The molecule has 41 heavy (non-hydrogen) atoms. The minimum absolute atomic E-state index is 0.0702. The molecule has 0 saturated carbocycles. The lowest BCUT2D eigenvalue weighted by molar-refractivity contribution is -0.144. The number of aromatic nitrogens is 2. The van der Waals surface area contributed by atoms with E-state index in [-0.39, 0.29) is 17.9 Å². The van der Waals surface area contributed by atoms with E-state index in [0.29, 0.717) is 42.1 Å². The monoisotopic (exact) mass is 557 g/mol. The van der Waals surface area contributed by atoms with Gasteiger partial charge in [-0.1, -0.05) is 6.58 Å². The Kier molecular flexibility index (Phi) is 9.64. The molecule has 3 heterocycles. The zero-order valence-electron chi connectivity index (χ0n) is 23.5. The summed E-state index contributed by atoms with van der Waals surface area (Å²) in [6.07, 6.45) is 6.73. The Bertz CT molecular complexity index is 1430. The largest absolute Gasteiger partial charge is 0.497 e. The average Bonchev–Trinajstić information content (AvgIpc) is 2.96. The number of carbonyl (C=O) groups excluding carboxylic acids is 2. The molecule has 2 aliphatic heterocycles. The lowest BCUT2D eigenvalue weighted by atomic mass is 9.97. The second kappa shape index (κ2) is 13.5. The minimum atomic E-state index is 0.0702. The molecule has 1 aromatic heterocycles. The van der Waals surface area contributed by atoms with E-state index in [2.05, 4.69) is 26.8 Å². The number of anilines is 2. The van der Waals surface area contributed by atoms with E-state index in [1.165, 1.54) is 12.3 Å². The van der Waals surface area contributed by atoms with Crippen molar-refractivity contribution in [3.05, 3.63) is 67.1 Å². The lowest BCUT2D eigenvalue weighted by Gasteiger charge is -2.43. The summed E-state index contributed by atoms with van der Waals surface area (Å²) >= 11 is 0. The minimum Gasteiger partial charge on any atom is -0.497 e. The summed E-state index contributed by atoms with van der Waals surface area (Å²) in [5.41, 5.74) is 10.4. The molecule has 2 aromatic carbocycles.